The maximum absolute atomic E-state index is 4.23. The van der Waals surface area contributed by atoms with Crippen molar-refractivity contribution in [2.75, 3.05) is 6.54 Å². The molecule has 0 aliphatic rings. The van der Waals surface area contributed by atoms with Gasteiger partial charge in [-0.05, 0) is 19.1 Å². The van der Waals surface area contributed by atoms with Crippen LogP contribution in [0.25, 0.3) is 0 Å². The monoisotopic (exact) mass is 111 g/mol. The second-order valence-corrected chi connectivity index (χ2v) is 0.748. The van der Waals surface area contributed by atoms with E-state index in [1.165, 1.54) is 0 Å². The van der Waals surface area contributed by atoms with E-state index in [0.29, 0.717) is 0 Å². The van der Waals surface area contributed by atoms with Crippen LogP contribution in [-0.4, -0.2) is 41.3 Å². The van der Waals surface area contributed by atoms with Crippen molar-refractivity contribution in [3.05, 3.63) is 0 Å². The van der Waals surface area contributed by atoms with Crippen molar-refractivity contribution < 1.29 is 0 Å². The predicted octanol–water partition coefficient (Wildman–Crippen LogP) is 0.461. The van der Waals surface area contributed by atoms with Crippen molar-refractivity contribution in [1.82, 2.24) is 0 Å². The Balaban J connectivity index is 0. The third kappa shape index (κ3) is 8.84. The molecule has 0 fully saturated rings. The van der Waals surface area contributed by atoms with E-state index in [4.69, 9.17) is 0 Å². The summed E-state index contributed by atoms with van der Waals surface area (Å²) in [5.41, 5.74) is 0. The summed E-state index contributed by atoms with van der Waals surface area (Å²) < 4.78 is 0. The standard InChI is InChI=1S/C3H5NS.Na.H/c1-2-4-3-5;;/h2H2,1H3;;. The Labute approximate surface area is 65.1 Å². The molecule has 0 saturated carbocycles. The van der Waals surface area contributed by atoms with Gasteiger partial charge in [0.2, 0.25) is 0 Å². The number of hydrogen-bond acceptors (Lipinski definition) is 2. The molecular weight excluding hydrogens is 105 g/mol. The van der Waals surface area contributed by atoms with Crippen LogP contribution in [0.3, 0.4) is 0 Å². The SMILES string of the molecule is CCN=C=S.[NaH]. The molecule has 0 aromatic heterocycles. The summed E-state index contributed by atoms with van der Waals surface area (Å²) in [6, 6.07) is 0. The fourth-order valence-corrected chi connectivity index (χ4v) is 0.194. The summed E-state index contributed by atoms with van der Waals surface area (Å²) >= 11 is 4.23. The van der Waals surface area contributed by atoms with Crippen LogP contribution in [-0.2, 0) is 0 Å². The average molecular weight is 111 g/mol. The number of thiocarbonyl (C=S) groups is 1. The molecular formula is C3H6NNaS. The first-order valence-corrected chi connectivity index (χ1v) is 1.86. The van der Waals surface area contributed by atoms with Gasteiger partial charge in [0.25, 0.3) is 0 Å². The first kappa shape index (κ1) is 9.93. The molecule has 0 radical (unpaired) electrons. The second kappa shape index (κ2) is 9.25. The molecule has 0 atom stereocenters. The van der Waals surface area contributed by atoms with Crippen LogP contribution in [0.15, 0.2) is 4.99 Å². The Morgan fingerprint density at radius 2 is 2.33 bits per heavy atom. The Morgan fingerprint density at radius 3 is 2.33 bits per heavy atom. The molecule has 0 spiro atoms. The molecule has 0 amide bonds. The molecule has 0 aliphatic heterocycles. The molecule has 1 nitrogen and oxygen atoms in total. The zero-order valence-electron chi connectivity index (χ0n) is 3.06. The summed E-state index contributed by atoms with van der Waals surface area (Å²) in [5.74, 6) is 0. The minimum absolute atomic E-state index is 0. The van der Waals surface area contributed by atoms with Crippen LogP contribution in [0.5, 0.6) is 0 Å². The molecule has 0 N–H and O–H groups in total. The van der Waals surface area contributed by atoms with Gasteiger partial charge >= 0.3 is 29.6 Å². The molecule has 0 unspecified atom stereocenters. The topological polar surface area (TPSA) is 12.4 Å². The van der Waals surface area contributed by atoms with Gasteiger partial charge in [-0.15, -0.1) is 0 Å². The van der Waals surface area contributed by atoms with Crippen LogP contribution in [0.4, 0.5) is 0 Å². The summed E-state index contributed by atoms with van der Waals surface area (Å²) in [7, 11) is 0. The number of rotatable bonds is 1. The first-order valence-electron chi connectivity index (χ1n) is 1.45. The van der Waals surface area contributed by atoms with Crippen LogP contribution in [0.2, 0.25) is 0 Å². The molecule has 0 bridgehead atoms. The molecule has 0 aromatic rings. The van der Waals surface area contributed by atoms with E-state index in [-0.39, 0.29) is 29.6 Å². The van der Waals surface area contributed by atoms with E-state index in [2.05, 4.69) is 22.4 Å². The molecule has 30 valence electrons. The minimum atomic E-state index is 0. The van der Waals surface area contributed by atoms with Crippen molar-refractivity contribution in [1.29, 1.82) is 0 Å². The summed E-state index contributed by atoms with van der Waals surface area (Å²) in [4.78, 5) is 3.54. The van der Waals surface area contributed by atoms with E-state index >= 15 is 0 Å². The fraction of sp³-hybridized carbons (Fsp3) is 0.667. The maximum atomic E-state index is 4.23. The van der Waals surface area contributed by atoms with Gasteiger partial charge in [0.1, 0.15) is 0 Å². The van der Waals surface area contributed by atoms with Crippen molar-refractivity contribution >= 4 is 46.9 Å². The Hall–Kier alpha value is 0.800. The molecule has 0 rings (SSSR count). The summed E-state index contributed by atoms with van der Waals surface area (Å²) in [6.07, 6.45) is 0. The number of nitrogens with zero attached hydrogens (tertiary/aromatic N) is 1. The van der Waals surface area contributed by atoms with Crippen LogP contribution in [0, 0.1) is 0 Å². The first-order chi connectivity index (χ1) is 2.41. The van der Waals surface area contributed by atoms with Crippen LogP contribution in [0.1, 0.15) is 6.92 Å². The fourth-order valence-electron chi connectivity index (χ4n) is 0.0645. The molecule has 0 saturated heterocycles. The summed E-state index contributed by atoms with van der Waals surface area (Å²) in [5, 5.41) is 2.23. The third-order valence-electron chi connectivity index (χ3n) is 0.223. The van der Waals surface area contributed by atoms with E-state index < -0.39 is 0 Å². The number of aliphatic imine (C=N–C) groups is 1. The Bertz CT molecular complexity index is 57.8. The Morgan fingerprint density at radius 1 is 1.83 bits per heavy atom. The third-order valence-corrected chi connectivity index (χ3v) is 0.352. The zero-order valence-corrected chi connectivity index (χ0v) is 3.88. The van der Waals surface area contributed by atoms with E-state index in [0.717, 1.165) is 6.54 Å². The molecule has 6 heavy (non-hydrogen) atoms. The van der Waals surface area contributed by atoms with E-state index in [9.17, 15) is 0 Å². The van der Waals surface area contributed by atoms with Gasteiger partial charge in [0.05, 0.1) is 5.16 Å². The van der Waals surface area contributed by atoms with Crippen molar-refractivity contribution in [3.63, 3.8) is 0 Å². The molecule has 0 aliphatic carbocycles. The predicted molar refractivity (Wildman–Crippen MR) is 32.7 cm³/mol. The summed E-state index contributed by atoms with van der Waals surface area (Å²) in [6.45, 7) is 2.67. The molecule has 0 aromatic carbocycles. The number of isothiocyanates is 1. The Kier molecular flexibility index (Phi) is 15.3. The van der Waals surface area contributed by atoms with Gasteiger partial charge in [-0.1, -0.05) is 0 Å². The molecule has 0 heterocycles. The van der Waals surface area contributed by atoms with Crippen molar-refractivity contribution in [2.45, 2.75) is 6.92 Å². The van der Waals surface area contributed by atoms with Crippen LogP contribution >= 0.6 is 12.2 Å². The van der Waals surface area contributed by atoms with Crippen molar-refractivity contribution in [2.24, 2.45) is 4.99 Å². The van der Waals surface area contributed by atoms with E-state index in [1.807, 2.05) is 6.92 Å². The van der Waals surface area contributed by atoms with Gasteiger partial charge in [-0.3, -0.25) is 0 Å². The van der Waals surface area contributed by atoms with Crippen LogP contribution < -0.4 is 0 Å². The number of hydrogen-bond donors (Lipinski definition) is 0. The quantitative estimate of drug-likeness (QED) is 0.272. The van der Waals surface area contributed by atoms with Gasteiger partial charge in [-0.2, -0.15) is 0 Å². The zero-order chi connectivity index (χ0) is 4.12. The molecule has 3 heteroatoms. The average Bonchev–Trinajstić information content (AvgIpc) is 1.41. The van der Waals surface area contributed by atoms with Crippen molar-refractivity contribution in [3.8, 4) is 0 Å². The van der Waals surface area contributed by atoms with Gasteiger partial charge in [0, 0.05) is 6.54 Å². The van der Waals surface area contributed by atoms with Gasteiger partial charge in [-0.25, -0.2) is 4.99 Å². The second-order valence-electron chi connectivity index (χ2n) is 0.566. The van der Waals surface area contributed by atoms with Gasteiger partial charge < -0.3 is 0 Å². The van der Waals surface area contributed by atoms with E-state index in [1.54, 1.807) is 0 Å². The normalized spacial score (nSPS) is 4.83. The van der Waals surface area contributed by atoms with Gasteiger partial charge in [0.15, 0.2) is 0 Å².